The first-order valence-corrected chi connectivity index (χ1v) is 4.22. The van der Waals surface area contributed by atoms with Crippen molar-refractivity contribution in [1.82, 2.24) is 0 Å². The number of hydrogen-bond donors (Lipinski definition) is 1. The predicted molar refractivity (Wildman–Crippen MR) is 38.0 cm³/mol. The van der Waals surface area contributed by atoms with Crippen LogP contribution in [0.4, 0.5) is 4.39 Å². The molecule has 2 N–H and O–H groups in total. The maximum Gasteiger partial charge on any atom is 0.513 e. The largest absolute Gasteiger partial charge is 0.513 e. The standard InChI is InChI=1S/C5H12FNO2P/c1-4(5(6)3-7)10(8)9-2/h4-5H,3,7H2,1-2H3/q+1. The van der Waals surface area contributed by atoms with Gasteiger partial charge in [0.1, 0.15) is 0 Å². The molecule has 3 nitrogen and oxygen atoms in total. The Labute approximate surface area is 60.6 Å². The second-order valence-corrected chi connectivity index (χ2v) is 3.71. The summed E-state index contributed by atoms with van der Waals surface area (Å²) in [5, 5.41) is 0. The first-order chi connectivity index (χ1) is 4.63. The van der Waals surface area contributed by atoms with E-state index in [2.05, 4.69) is 4.52 Å². The van der Waals surface area contributed by atoms with Gasteiger partial charge in [0.25, 0.3) is 0 Å². The van der Waals surface area contributed by atoms with Crippen LogP contribution in [0.2, 0.25) is 0 Å². The lowest BCUT2D eigenvalue weighted by Crippen LogP contribution is -2.24. The van der Waals surface area contributed by atoms with Gasteiger partial charge in [-0.2, -0.15) is 0 Å². The molecule has 0 aliphatic heterocycles. The van der Waals surface area contributed by atoms with Crippen LogP contribution in [0.5, 0.6) is 0 Å². The highest BCUT2D eigenvalue weighted by Gasteiger charge is 2.34. The molecular formula is C5H12FNO2P+. The third-order valence-corrected chi connectivity index (χ3v) is 2.61. The average molecular weight is 168 g/mol. The number of hydrogen-bond acceptors (Lipinski definition) is 3. The quantitative estimate of drug-likeness (QED) is 0.638. The van der Waals surface area contributed by atoms with E-state index in [-0.39, 0.29) is 6.54 Å². The van der Waals surface area contributed by atoms with Gasteiger partial charge in [-0.1, -0.05) is 0 Å². The molecule has 3 atom stereocenters. The highest BCUT2D eigenvalue weighted by atomic mass is 31.1. The molecule has 0 saturated carbocycles. The van der Waals surface area contributed by atoms with Crippen LogP contribution in [0.25, 0.3) is 0 Å². The van der Waals surface area contributed by atoms with Crippen molar-refractivity contribution >= 4 is 8.03 Å². The second-order valence-electron chi connectivity index (χ2n) is 1.96. The van der Waals surface area contributed by atoms with Crippen molar-refractivity contribution in [3.8, 4) is 0 Å². The Balaban J connectivity index is 3.81. The van der Waals surface area contributed by atoms with E-state index >= 15 is 0 Å². The Morgan fingerprint density at radius 2 is 2.30 bits per heavy atom. The smallest absolute Gasteiger partial charge is 0.328 e. The lowest BCUT2D eigenvalue weighted by Gasteiger charge is -2.01. The zero-order valence-corrected chi connectivity index (χ0v) is 6.98. The van der Waals surface area contributed by atoms with Gasteiger partial charge in [0.2, 0.25) is 5.66 Å². The van der Waals surface area contributed by atoms with Gasteiger partial charge < -0.3 is 5.73 Å². The maximum absolute atomic E-state index is 12.6. The summed E-state index contributed by atoms with van der Waals surface area (Å²) in [6.07, 6.45) is -1.23. The molecule has 10 heavy (non-hydrogen) atoms. The van der Waals surface area contributed by atoms with Gasteiger partial charge in [-0.05, 0) is 11.5 Å². The minimum absolute atomic E-state index is 0.106. The summed E-state index contributed by atoms with van der Waals surface area (Å²) in [6, 6.07) is 0. The second kappa shape index (κ2) is 4.72. The van der Waals surface area contributed by atoms with Gasteiger partial charge in [0.15, 0.2) is 6.17 Å². The molecule has 0 aliphatic carbocycles. The zero-order chi connectivity index (χ0) is 8.15. The van der Waals surface area contributed by atoms with E-state index in [1.165, 1.54) is 14.0 Å². The third kappa shape index (κ3) is 2.69. The van der Waals surface area contributed by atoms with E-state index < -0.39 is 19.9 Å². The van der Waals surface area contributed by atoms with Crippen LogP contribution in [0, 0.1) is 0 Å². The van der Waals surface area contributed by atoms with Gasteiger partial charge in [0.05, 0.1) is 7.11 Å². The van der Waals surface area contributed by atoms with Crippen LogP contribution in [0.1, 0.15) is 6.92 Å². The molecule has 0 bridgehead atoms. The van der Waals surface area contributed by atoms with Crippen molar-refractivity contribution in [3.63, 3.8) is 0 Å². The molecule has 0 amide bonds. The minimum atomic E-state index is -1.89. The summed E-state index contributed by atoms with van der Waals surface area (Å²) >= 11 is 0. The summed E-state index contributed by atoms with van der Waals surface area (Å²) < 4.78 is 27.8. The van der Waals surface area contributed by atoms with Crippen LogP contribution >= 0.6 is 8.03 Å². The molecular weight excluding hydrogens is 156 g/mol. The number of rotatable bonds is 4. The topological polar surface area (TPSA) is 52.3 Å². The van der Waals surface area contributed by atoms with Crippen LogP contribution in [-0.2, 0) is 9.09 Å². The fourth-order valence-corrected chi connectivity index (χ4v) is 1.21. The van der Waals surface area contributed by atoms with Gasteiger partial charge in [-0.15, -0.1) is 4.52 Å². The number of nitrogens with two attached hydrogens (primary N) is 1. The Morgan fingerprint density at radius 1 is 1.80 bits per heavy atom. The van der Waals surface area contributed by atoms with Gasteiger partial charge in [0, 0.05) is 6.54 Å². The third-order valence-electron chi connectivity index (χ3n) is 1.26. The fraction of sp³-hybridized carbons (Fsp3) is 1.00. The molecule has 5 heteroatoms. The van der Waals surface area contributed by atoms with Crippen molar-refractivity contribution in [1.29, 1.82) is 0 Å². The van der Waals surface area contributed by atoms with E-state index in [9.17, 15) is 8.96 Å². The molecule has 0 fully saturated rings. The Morgan fingerprint density at radius 3 is 2.60 bits per heavy atom. The monoisotopic (exact) mass is 168 g/mol. The summed E-state index contributed by atoms with van der Waals surface area (Å²) in [4.78, 5) is 0. The number of alkyl halides is 1. The van der Waals surface area contributed by atoms with E-state index in [1.54, 1.807) is 0 Å². The molecule has 0 saturated heterocycles. The molecule has 0 rings (SSSR count). The van der Waals surface area contributed by atoms with E-state index in [4.69, 9.17) is 5.73 Å². The van der Waals surface area contributed by atoms with E-state index in [0.717, 1.165) is 0 Å². The molecule has 0 aliphatic rings. The average Bonchev–Trinajstić information content (AvgIpc) is 2.00. The first-order valence-electron chi connectivity index (χ1n) is 2.98. The molecule has 0 aromatic heterocycles. The minimum Gasteiger partial charge on any atom is -0.328 e. The Hall–Kier alpha value is -0.0500. The highest BCUT2D eigenvalue weighted by molar-refractivity contribution is 7.40. The molecule has 0 spiro atoms. The molecule has 0 radical (unpaired) electrons. The fourth-order valence-electron chi connectivity index (χ4n) is 0.495. The van der Waals surface area contributed by atoms with Crippen LogP contribution in [0.3, 0.4) is 0 Å². The normalized spacial score (nSPS) is 18.2. The van der Waals surface area contributed by atoms with Crippen molar-refractivity contribution in [2.24, 2.45) is 5.73 Å². The molecule has 3 unspecified atom stereocenters. The highest BCUT2D eigenvalue weighted by Crippen LogP contribution is 2.30. The predicted octanol–water partition coefficient (Wildman–Crippen LogP) is 1.06. The summed E-state index contributed by atoms with van der Waals surface area (Å²) in [7, 11) is -0.600. The van der Waals surface area contributed by atoms with Crippen molar-refractivity contribution in [3.05, 3.63) is 0 Å². The lowest BCUT2D eigenvalue weighted by molar-refractivity contribution is 0.314. The van der Waals surface area contributed by atoms with Crippen LogP contribution in [0.15, 0.2) is 0 Å². The Bertz CT molecular complexity index is 122. The van der Waals surface area contributed by atoms with Crippen molar-refractivity contribution in [2.75, 3.05) is 13.7 Å². The van der Waals surface area contributed by atoms with E-state index in [0.29, 0.717) is 0 Å². The van der Waals surface area contributed by atoms with Crippen molar-refractivity contribution < 1.29 is 13.5 Å². The lowest BCUT2D eigenvalue weighted by atomic mass is 10.3. The maximum atomic E-state index is 12.6. The zero-order valence-electron chi connectivity index (χ0n) is 6.08. The first kappa shape index (κ1) is 9.95. The molecule has 0 heterocycles. The molecule has 0 aromatic carbocycles. The van der Waals surface area contributed by atoms with Gasteiger partial charge >= 0.3 is 8.03 Å². The summed E-state index contributed by atoms with van der Waals surface area (Å²) in [5.74, 6) is 0. The van der Waals surface area contributed by atoms with Crippen LogP contribution < -0.4 is 5.73 Å². The van der Waals surface area contributed by atoms with Crippen LogP contribution in [-0.4, -0.2) is 25.5 Å². The Kier molecular flexibility index (Phi) is 4.69. The van der Waals surface area contributed by atoms with E-state index in [1.807, 2.05) is 0 Å². The van der Waals surface area contributed by atoms with Gasteiger partial charge in [-0.25, -0.2) is 4.39 Å². The molecule has 60 valence electrons. The van der Waals surface area contributed by atoms with Crippen molar-refractivity contribution in [2.45, 2.75) is 18.8 Å². The SMILES string of the molecule is CO[P+](=O)C(C)C(F)CN. The van der Waals surface area contributed by atoms with Gasteiger partial charge in [-0.3, -0.25) is 0 Å². The molecule has 0 aromatic rings. The number of halogens is 1. The summed E-state index contributed by atoms with van der Waals surface area (Å²) in [6.45, 7) is 1.41. The summed E-state index contributed by atoms with van der Waals surface area (Å²) in [5.41, 5.74) is 4.40.